The number of hydrogen-bond acceptors (Lipinski definition) is 2. The fraction of sp³-hybridized carbons (Fsp3) is 0.250. The van der Waals surface area contributed by atoms with Gasteiger partial charge in [-0.15, -0.1) is 11.6 Å². The molecule has 102 valence electrons. The topological polar surface area (TPSA) is 30.7 Å². The number of benzene rings is 1. The normalized spacial score (nSPS) is 11.2. The fourth-order valence-corrected chi connectivity index (χ4v) is 2.62. The fourth-order valence-electron chi connectivity index (χ4n) is 2.42. The van der Waals surface area contributed by atoms with Gasteiger partial charge in [0.2, 0.25) is 0 Å². The summed E-state index contributed by atoms with van der Waals surface area (Å²) in [6.45, 7) is 4.86. The van der Waals surface area contributed by atoms with Gasteiger partial charge in [0.15, 0.2) is 5.65 Å². The van der Waals surface area contributed by atoms with Gasteiger partial charge in [-0.05, 0) is 31.0 Å². The van der Waals surface area contributed by atoms with Crippen LogP contribution in [-0.2, 0) is 12.4 Å². The standard InChI is InChI=1S/C16H16ClN3/c1-11-4-3-5-13(6-11)10-20-15(8-17)19-14-7-12(2)9-18-16(14)20/h3-7,9H,8,10H2,1-2H3. The number of hydrogen-bond donors (Lipinski definition) is 0. The Kier molecular flexibility index (Phi) is 3.45. The lowest BCUT2D eigenvalue weighted by atomic mass is 10.1. The summed E-state index contributed by atoms with van der Waals surface area (Å²) in [5.41, 5.74) is 5.40. The van der Waals surface area contributed by atoms with Gasteiger partial charge in [0.1, 0.15) is 11.3 Å². The maximum absolute atomic E-state index is 6.03. The molecule has 0 amide bonds. The van der Waals surface area contributed by atoms with E-state index in [1.165, 1.54) is 11.1 Å². The number of halogens is 1. The van der Waals surface area contributed by atoms with Crippen molar-refractivity contribution in [3.8, 4) is 0 Å². The SMILES string of the molecule is Cc1cccc(Cn2c(CCl)nc3cc(C)cnc32)c1. The van der Waals surface area contributed by atoms with Gasteiger partial charge in [-0.2, -0.15) is 0 Å². The van der Waals surface area contributed by atoms with Crippen molar-refractivity contribution in [1.82, 2.24) is 14.5 Å². The van der Waals surface area contributed by atoms with Crippen molar-refractivity contribution in [2.24, 2.45) is 0 Å². The predicted molar refractivity (Wildman–Crippen MR) is 82.1 cm³/mol. The number of aryl methyl sites for hydroxylation is 2. The molecule has 2 heterocycles. The second kappa shape index (κ2) is 5.25. The van der Waals surface area contributed by atoms with Crippen LogP contribution in [-0.4, -0.2) is 14.5 Å². The van der Waals surface area contributed by atoms with Crippen molar-refractivity contribution in [2.45, 2.75) is 26.3 Å². The minimum Gasteiger partial charge on any atom is -0.307 e. The highest BCUT2D eigenvalue weighted by atomic mass is 35.5. The summed E-state index contributed by atoms with van der Waals surface area (Å²) in [4.78, 5) is 9.09. The molecule has 0 atom stereocenters. The number of alkyl halides is 1. The Morgan fingerprint density at radius 2 is 2.00 bits per heavy atom. The zero-order valence-corrected chi connectivity index (χ0v) is 12.4. The lowest BCUT2D eigenvalue weighted by molar-refractivity contribution is 0.770. The maximum Gasteiger partial charge on any atom is 0.160 e. The van der Waals surface area contributed by atoms with Crippen LogP contribution in [0.5, 0.6) is 0 Å². The van der Waals surface area contributed by atoms with E-state index in [4.69, 9.17) is 11.6 Å². The summed E-state index contributed by atoms with van der Waals surface area (Å²) in [6, 6.07) is 10.5. The van der Waals surface area contributed by atoms with Crippen LogP contribution in [0, 0.1) is 13.8 Å². The zero-order valence-electron chi connectivity index (χ0n) is 11.6. The molecule has 20 heavy (non-hydrogen) atoms. The Hall–Kier alpha value is -1.87. The quantitative estimate of drug-likeness (QED) is 0.685. The molecule has 0 fully saturated rings. The summed E-state index contributed by atoms with van der Waals surface area (Å²) < 4.78 is 2.09. The number of aromatic nitrogens is 3. The molecule has 0 spiro atoms. The Balaban J connectivity index is 2.10. The molecular formula is C16H16ClN3. The molecule has 3 nitrogen and oxygen atoms in total. The molecule has 3 aromatic rings. The molecule has 0 saturated heterocycles. The second-order valence-electron chi connectivity index (χ2n) is 5.09. The van der Waals surface area contributed by atoms with Crippen LogP contribution in [0.2, 0.25) is 0 Å². The van der Waals surface area contributed by atoms with Gasteiger partial charge in [0.25, 0.3) is 0 Å². The molecule has 0 saturated carbocycles. The molecule has 2 aromatic heterocycles. The predicted octanol–water partition coefficient (Wildman–Crippen LogP) is 3.84. The molecule has 3 rings (SSSR count). The van der Waals surface area contributed by atoms with E-state index in [9.17, 15) is 0 Å². The van der Waals surface area contributed by atoms with E-state index >= 15 is 0 Å². The minimum atomic E-state index is 0.390. The molecule has 0 aliphatic rings. The summed E-state index contributed by atoms with van der Waals surface area (Å²) in [6.07, 6.45) is 1.87. The van der Waals surface area contributed by atoms with Crippen LogP contribution in [0.4, 0.5) is 0 Å². The van der Waals surface area contributed by atoms with Crippen LogP contribution >= 0.6 is 11.6 Å². The average molecular weight is 286 g/mol. The number of pyridine rings is 1. The van der Waals surface area contributed by atoms with Crippen molar-refractivity contribution in [3.63, 3.8) is 0 Å². The molecule has 0 aliphatic carbocycles. The largest absolute Gasteiger partial charge is 0.307 e. The Morgan fingerprint density at radius 1 is 1.15 bits per heavy atom. The molecule has 1 aromatic carbocycles. The first kappa shape index (κ1) is 13.1. The van der Waals surface area contributed by atoms with Crippen LogP contribution < -0.4 is 0 Å². The van der Waals surface area contributed by atoms with Crippen molar-refractivity contribution in [1.29, 1.82) is 0 Å². The van der Waals surface area contributed by atoms with E-state index in [1.54, 1.807) is 0 Å². The third-order valence-corrected chi connectivity index (χ3v) is 3.58. The Labute approximate surface area is 123 Å². The van der Waals surface area contributed by atoms with Crippen LogP contribution in [0.15, 0.2) is 36.5 Å². The number of nitrogens with zero attached hydrogens (tertiary/aromatic N) is 3. The Morgan fingerprint density at radius 3 is 2.75 bits per heavy atom. The average Bonchev–Trinajstić information content (AvgIpc) is 2.76. The molecule has 0 aliphatic heterocycles. The van der Waals surface area contributed by atoms with E-state index in [-0.39, 0.29) is 0 Å². The highest BCUT2D eigenvalue weighted by Crippen LogP contribution is 2.18. The third-order valence-electron chi connectivity index (χ3n) is 3.34. The van der Waals surface area contributed by atoms with E-state index in [1.807, 2.05) is 19.2 Å². The zero-order chi connectivity index (χ0) is 14.1. The van der Waals surface area contributed by atoms with E-state index in [0.717, 1.165) is 29.1 Å². The van der Waals surface area contributed by atoms with Gasteiger partial charge in [-0.25, -0.2) is 9.97 Å². The van der Waals surface area contributed by atoms with E-state index in [2.05, 4.69) is 45.7 Å². The van der Waals surface area contributed by atoms with Gasteiger partial charge >= 0.3 is 0 Å². The van der Waals surface area contributed by atoms with Crippen molar-refractivity contribution >= 4 is 22.8 Å². The summed E-state index contributed by atoms with van der Waals surface area (Å²) in [5, 5.41) is 0. The van der Waals surface area contributed by atoms with Crippen LogP contribution in [0.25, 0.3) is 11.2 Å². The third kappa shape index (κ3) is 2.41. The van der Waals surface area contributed by atoms with Gasteiger partial charge in [-0.1, -0.05) is 29.8 Å². The molecule has 0 N–H and O–H groups in total. The lowest BCUT2D eigenvalue weighted by Crippen LogP contribution is -2.04. The minimum absolute atomic E-state index is 0.390. The molecular weight excluding hydrogens is 270 g/mol. The number of rotatable bonds is 3. The van der Waals surface area contributed by atoms with Crippen molar-refractivity contribution < 1.29 is 0 Å². The smallest absolute Gasteiger partial charge is 0.160 e. The number of fused-ring (bicyclic) bond motifs is 1. The van der Waals surface area contributed by atoms with E-state index < -0.39 is 0 Å². The van der Waals surface area contributed by atoms with Crippen molar-refractivity contribution in [3.05, 3.63) is 59.0 Å². The summed E-state index contributed by atoms with van der Waals surface area (Å²) in [7, 11) is 0. The van der Waals surface area contributed by atoms with Gasteiger partial charge in [-0.3, -0.25) is 0 Å². The summed E-state index contributed by atoms with van der Waals surface area (Å²) >= 11 is 6.03. The molecule has 4 heteroatoms. The Bertz CT molecular complexity index is 762. The first-order valence-electron chi connectivity index (χ1n) is 6.60. The molecule has 0 bridgehead atoms. The molecule has 0 radical (unpaired) electrons. The first-order chi connectivity index (χ1) is 9.67. The van der Waals surface area contributed by atoms with Crippen LogP contribution in [0.1, 0.15) is 22.5 Å². The summed E-state index contributed by atoms with van der Waals surface area (Å²) in [5.74, 6) is 1.25. The van der Waals surface area contributed by atoms with Gasteiger partial charge in [0.05, 0.1) is 12.4 Å². The first-order valence-corrected chi connectivity index (χ1v) is 7.14. The van der Waals surface area contributed by atoms with Gasteiger partial charge in [0, 0.05) is 6.20 Å². The second-order valence-corrected chi connectivity index (χ2v) is 5.36. The highest BCUT2D eigenvalue weighted by Gasteiger charge is 2.11. The maximum atomic E-state index is 6.03. The molecule has 0 unspecified atom stereocenters. The highest BCUT2D eigenvalue weighted by molar-refractivity contribution is 6.16. The van der Waals surface area contributed by atoms with Crippen molar-refractivity contribution in [2.75, 3.05) is 0 Å². The van der Waals surface area contributed by atoms with Gasteiger partial charge < -0.3 is 4.57 Å². The van der Waals surface area contributed by atoms with Crippen LogP contribution in [0.3, 0.4) is 0 Å². The monoisotopic (exact) mass is 285 g/mol. The van der Waals surface area contributed by atoms with E-state index in [0.29, 0.717) is 5.88 Å². The number of imidazole rings is 1. The lowest BCUT2D eigenvalue weighted by Gasteiger charge is -2.08.